The van der Waals surface area contributed by atoms with Crippen LogP contribution in [0.3, 0.4) is 0 Å². The van der Waals surface area contributed by atoms with Gasteiger partial charge in [-0.15, -0.1) is 0 Å². The Morgan fingerprint density at radius 3 is 2.77 bits per heavy atom. The smallest absolute Gasteiger partial charge is 0.471 e. The first-order chi connectivity index (χ1) is 22.9. The minimum Gasteiger partial charge on any atom is -0.489 e. The van der Waals surface area contributed by atoms with Crippen LogP contribution in [0.25, 0.3) is 0 Å². The molecule has 0 aliphatic carbocycles. The van der Waals surface area contributed by atoms with Crippen LogP contribution in [0, 0.1) is 11.3 Å². The van der Waals surface area contributed by atoms with Gasteiger partial charge in [0.15, 0.2) is 32.6 Å². The third-order valence-corrected chi connectivity index (χ3v) is 7.94. The molecule has 264 valence electrons. The maximum atomic E-state index is 13.4. The van der Waals surface area contributed by atoms with Crippen molar-refractivity contribution in [2.24, 2.45) is 0 Å². The van der Waals surface area contributed by atoms with Crippen LogP contribution in [-0.4, -0.2) is 78.4 Å². The van der Waals surface area contributed by atoms with Gasteiger partial charge in [0.05, 0.1) is 44.0 Å². The number of para-hydroxylation sites is 1. The Labute approximate surface area is 277 Å². The van der Waals surface area contributed by atoms with Gasteiger partial charge in [-0.1, -0.05) is 19.9 Å². The van der Waals surface area contributed by atoms with E-state index in [1.54, 1.807) is 23.5 Å². The topological polar surface area (TPSA) is 167 Å². The number of carbonyl (C=O) groups excluding carboxylic acids is 1. The highest BCUT2D eigenvalue weighted by atomic mass is 31.1. The Morgan fingerprint density at radius 1 is 1.27 bits per heavy atom. The summed E-state index contributed by atoms with van der Waals surface area (Å²) in [5.41, 5.74) is -0.339. The molecule has 1 amide bonds. The van der Waals surface area contributed by atoms with Crippen LogP contribution in [0.15, 0.2) is 29.2 Å². The molecule has 3 N–H and O–H groups in total. The van der Waals surface area contributed by atoms with Crippen molar-refractivity contribution in [1.29, 1.82) is 5.26 Å². The summed E-state index contributed by atoms with van der Waals surface area (Å²) in [6.45, 7) is 7.96. The molecule has 6 atom stereocenters. The number of halogens is 3. The van der Waals surface area contributed by atoms with Gasteiger partial charge in [0, 0.05) is 25.1 Å². The van der Waals surface area contributed by atoms with Crippen molar-refractivity contribution in [3.63, 3.8) is 0 Å². The van der Waals surface area contributed by atoms with E-state index in [-0.39, 0.29) is 64.6 Å². The van der Waals surface area contributed by atoms with Gasteiger partial charge in [-0.05, 0) is 32.4 Å². The summed E-state index contributed by atoms with van der Waals surface area (Å²) in [6.07, 6.45) is -4.50. The molecule has 1 aromatic carbocycles. The molecule has 2 aromatic rings. The molecular weight excluding hydrogens is 660 g/mol. The molecule has 2 aliphatic rings. The Kier molecular flexibility index (Phi) is 13.4. The lowest BCUT2D eigenvalue weighted by Gasteiger charge is -2.28. The van der Waals surface area contributed by atoms with Crippen LogP contribution in [0.2, 0.25) is 0 Å². The molecule has 1 fully saturated rings. The number of ether oxygens (including phenoxy) is 4. The lowest BCUT2D eigenvalue weighted by atomic mass is 10.0. The molecule has 3 heterocycles. The highest BCUT2D eigenvalue weighted by Gasteiger charge is 2.43. The Bertz CT molecular complexity index is 1490. The molecule has 14 nitrogen and oxygen atoms in total. The Hall–Kier alpha value is -3.52. The number of nitriles is 1. The third kappa shape index (κ3) is 10.0. The van der Waals surface area contributed by atoms with E-state index in [2.05, 4.69) is 29.5 Å². The first kappa shape index (κ1) is 37.3. The lowest BCUT2D eigenvalue weighted by molar-refractivity contribution is -0.173. The molecular formula is C30H40F3N6O8P. The zero-order valence-electron chi connectivity index (χ0n) is 27.0. The highest BCUT2D eigenvalue weighted by Crippen LogP contribution is 2.46. The van der Waals surface area contributed by atoms with E-state index in [9.17, 15) is 22.8 Å². The van der Waals surface area contributed by atoms with E-state index in [1.165, 1.54) is 10.8 Å². The van der Waals surface area contributed by atoms with Crippen LogP contribution < -0.4 is 31.1 Å². The number of rotatable bonds is 17. The number of hydrogen-bond acceptors (Lipinski definition) is 12. The third-order valence-electron chi connectivity index (χ3n) is 7.22. The van der Waals surface area contributed by atoms with Crippen molar-refractivity contribution in [2.75, 3.05) is 31.7 Å². The molecule has 1 aromatic heterocycles. The van der Waals surface area contributed by atoms with E-state index < -0.39 is 42.3 Å². The maximum Gasteiger partial charge on any atom is 0.471 e. The number of aromatic nitrogens is 2. The van der Waals surface area contributed by atoms with Crippen molar-refractivity contribution < 1.29 is 46.0 Å². The number of fused-ring (bicyclic) bond motifs is 2. The number of nitrogens with one attached hydrogen (secondary N) is 3. The van der Waals surface area contributed by atoms with Crippen molar-refractivity contribution in [3.05, 3.63) is 34.9 Å². The summed E-state index contributed by atoms with van der Waals surface area (Å²) in [4.78, 5) is 28.6. The SMILES string of the molecule is CCO[C@@H]1C[C@@H](C(CC(C)NC(C)C)OPOCCC#N)O[C@H]1n1cc2c(nc1=O)Nc1c(OCCNC(=O)C(F)(F)F)cccc1O2. The normalized spacial score (nSPS) is 20.0. The van der Waals surface area contributed by atoms with E-state index in [1.807, 2.05) is 19.9 Å². The molecule has 3 unspecified atom stereocenters. The number of anilines is 2. The molecule has 2 aliphatic heterocycles. The zero-order chi connectivity index (χ0) is 34.8. The van der Waals surface area contributed by atoms with Crippen LogP contribution in [0.4, 0.5) is 24.7 Å². The fourth-order valence-electron chi connectivity index (χ4n) is 5.31. The number of benzene rings is 1. The van der Waals surface area contributed by atoms with Gasteiger partial charge in [-0.3, -0.25) is 9.36 Å². The van der Waals surface area contributed by atoms with E-state index in [0.29, 0.717) is 30.9 Å². The number of hydrogen-bond donors (Lipinski definition) is 3. The Morgan fingerprint density at radius 2 is 2.06 bits per heavy atom. The van der Waals surface area contributed by atoms with E-state index in [0.717, 1.165) is 0 Å². The maximum absolute atomic E-state index is 13.4. The molecule has 0 bridgehead atoms. The average Bonchev–Trinajstić information content (AvgIpc) is 3.44. The monoisotopic (exact) mass is 700 g/mol. The lowest BCUT2D eigenvalue weighted by Crippen LogP contribution is -2.39. The molecule has 0 radical (unpaired) electrons. The Balaban J connectivity index is 1.49. The summed E-state index contributed by atoms with van der Waals surface area (Å²) in [6, 6.07) is 7.16. The first-order valence-corrected chi connectivity index (χ1v) is 16.3. The van der Waals surface area contributed by atoms with Crippen molar-refractivity contribution in [1.82, 2.24) is 20.2 Å². The summed E-state index contributed by atoms with van der Waals surface area (Å²) >= 11 is 0. The van der Waals surface area contributed by atoms with E-state index >= 15 is 0 Å². The van der Waals surface area contributed by atoms with Crippen LogP contribution in [0.1, 0.15) is 53.2 Å². The second-order valence-corrected chi connectivity index (χ2v) is 12.0. The van der Waals surface area contributed by atoms with Crippen molar-refractivity contribution in [2.45, 2.75) is 89.8 Å². The predicted octanol–water partition coefficient (Wildman–Crippen LogP) is 4.44. The van der Waals surface area contributed by atoms with Crippen LogP contribution in [-0.2, 0) is 23.3 Å². The van der Waals surface area contributed by atoms with Gasteiger partial charge in [0.2, 0.25) is 0 Å². The van der Waals surface area contributed by atoms with Crippen molar-refractivity contribution >= 4 is 26.4 Å². The second kappa shape index (κ2) is 17.2. The fourth-order valence-corrected chi connectivity index (χ4v) is 5.94. The standard InChI is InChI=1S/C30H40F3N6O8P/c1-5-42-23-15-21(22(14-18(4)36-17(2)3)47-48-44-12-7-10-34)46-27(23)39-16-24-26(38-29(39)41)37-25-19(8-6-9-20(25)45-24)43-13-11-35-28(40)30(31,32)33/h6,8-9,16-18,21-23,27,36,48H,5,7,11-15H2,1-4H3,(H,35,40)(H,37,38,41)/t18?,21-,22?,23+,27+/m0/s1. The second-order valence-electron chi connectivity index (χ2n) is 11.4. The molecule has 1 saturated heterocycles. The summed E-state index contributed by atoms with van der Waals surface area (Å²) in [7, 11) is -0.308. The number of nitrogens with zero attached hydrogens (tertiary/aromatic N) is 3. The highest BCUT2D eigenvalue weighted by molar-refractivity contribution is 7.26. The number of alkyl halides is 3. The summed E-state index contributed by atoms with van der Waals surface area (Å²) in [5.74, 6) is -1.22. The van der Waals surface area contributed by atoms with Crippen LogP contribution in [0.5, 0.6) is 17.2 Å². The number of carbonyl (C=O) groups is 1. The largest absolute Gasteiger partial charge is 0.489 e. The van der Waals surface area contributed by atoms with Gasteiger partial charge in [-0.25, -0.2) is 4.79 Å². The molecule has 0 saturated carbocycles. The summed E-state index contributed by atoms with van der Waals surface area (Å²) < 4.78 is 74.4. The van der Waals surface area contributed by atoms with Gasteiger partial charge in [-0.2, -0.15) is 23.4 Å². The average molecular weight is 701 g/mol. The van der Waals surface area contributed by atoms with Gasteiger partial charge >= 0.3 is 17.8 Å². The molecule has 18 heteroatoms. The first-order valence-electron chi connectivity index (χ1n) is 15.5. The molecule has 48 heavy (non-hydrogen) atoms. The van der Waals surface area contributed by atoms with Crippen molar-refractivity contribution in [3.8, 4) is 23.3 Å². The number of amides is 1. The van der Waals surface area contributed by atoms with E-state index in [4.69, 9.17) is 33.3 Å². The summed E-state index contributed by atoms with van der Waals surface area (Å²) in [5, 5.41) is 17.0. The molecule has 4 rings (SSSR count). The van der Waals surface area contributed by atoms with Gasteiger partial charge in [0.25, 0.3) is 0 Å². The minimum absolute atomic E-state index is 0.0762. The predicted molar refractivity (Wildman–Crippen MR) is 169 cm³/mol. The van der Waals surface area contributed by atoms with Gasteiger partial charge in [0.1, 0.15) is 24.1 Å². The van der Waals surface area contributed by atoms with Crippen LogP contribution >= 0.6 is 9.03 Å². The minimum atomic E-state index is -5.00. The molecule has 0 spiro atoms. The zero-order valence-corrected chi connectivity index (χ0v) is 28.0. The van der Waals surface area contributed by atoms with Gasteiger partial charge < -0.3 is 43.9 Å². The fraction of sp³-hybridized carbons (Fsp3) is 0.600. The quantitative estimate of drug-likeness (QED) is 0.134.